The highest BCUT2D eigenvalue weighted by atomic mass is 79.9. The number of pyridine rings is 1. The van der Waals surface area contributed by atoms with E-state index in [-0.39, 0.29) is 12.1 Å². The van der Waals surface area contributed by atoms with Gasteiger partial charge in [0.15, 0.2) is 0 Å². The van der Waals surface area contributed by atoms with Crippen molar-refractivity contribution in [2.24, 2.45) is 0 Å². The van der Waals surface area contributed by atoms with E-state index in [2.05, 4.69) is 20.9 Å². The number of aliphatic hydroxyl groups excluding tert-OH is 1. The first-order valence-corrected chi connectivity index (χ1v) is 5.23. The summed E-state index contributed by atoms with van der Waals surface area (Å²) in [4.78, 5) is 6.22. The van der Waals surface area contributed by atoms with Gasteiger partial charge < -0.3 is 10.0 Å². The molecule has 0 fully saturated rings. The van der Waals surface area contributed by atoms with Gasteiger partial charge in [0.05, 0.1) is 16.6 Å². The van der Waals surface area contributed by atoms with Crippen LogP contribution in [0.1, 0.15) is 13.8 Å². The van der Waals surface area contributed by atoms with Gasteiger partial charge in [-0.15, -0.1) is 0 Å². The van der Waals surface area contributed by atoms with E-state index in [1.54, 1.807) is 6.20 Å². The number of anilines is 1. The van der Waals surface area contributed by atoms with Crippen molar-refractivity contribution in [2.75, 3.05) is 18.6 Å². The van der Waals surface area contributed by atoms with Crippen molar-refractivity contribution >= 4 is 21.7 Å². The first-order valence-electron chi connectivity index (χ1n) is 4.44. The molecule has 1 aromatic rings. The van der Waals surface area contributed by atoms with Crippen molar-refractivity contribution in [1.29, 1.82) is 0 Å². The average Bonchev–Trinajstić information content (AvgIpc) is 2.17. The second-order valence-electron chi connectivity index (χ2n) is 3.84. The molecular weight excluding hydrogens is 244 g/mol. The lowest BCUT2D eigenvalue weighted by Gasteiger charge is -2.35. The molecule has 1 N–H and O–H groups in total. The second kappa shape index (κ2) is 4.28. The average molecular weight is 259 g/mol. The van der Waals surface area contributed by atoms with Crippen LogP contribution in [0.5, 0.6) is 0 Å². The molecule has 0 saturated heterocycles. The van der Waals surface area contributed by atoms with Crippen LogP contribution in [0.3, 0.4) is 0 Å². The van der Waals surface area contributed by atoms with Crippen molar-refractivity contribution < 1.29 is 5.11 Å². The Morgan fingerprint density at radius 1 is 1.57 bits per heavy atom. The summed E-state index contributed by atoms with van der Waals surface area (Å²) in [6.45, 7) is 4.02. The van der Waals surface area contributed by atoms with Crippen molar-refractivity contribution in [3.8, 4) is 0 Å². The maximum atomic E-state index is 9.23. The highest BCUT2D eigenvalue weighted by Crippen LogP contribution is 2.26. The first kappa shape index (κ1) is 11.5. The van der Waals surface area contributed by atoms with Gasteiger partial charge in [0.2, 0.25) is 0 Å². The molecule has 0 spiro atoms. The van der Waals surface area contributed by atoms with E-state index in [0.29, 0.717) is 0 Å². The lowest BCUT2D eigenvalue weighted by molar-refractivity contribution is 0.215. The number of hydrogen-bond acceptors (Lipinski definition) is 3. The van der Waals surface area contributed by atoms with Gasteiger partial charge in [-0.1, -0.05) is 0 Å². The van der Waals surface area contributed by atoms with Gasteiger partial charge in [0.1, 0.15) is 5.82 Å². The Bertz CT molecular complexity index is 315. The molecule has 0 radical (unpaired) electrons. The Kier molecular flexibility index (Phi) is 3.50. The van der Waals surface area contributed by atoms with E-state index in [4.69, 9.17) is 0 Å². The molecule has 1 rings (SSSR count). The maximum Gasteiger partial charge on any atom is 0.143 e. The predicted molar refractivity (Wildman–Crippen MR) is 61.5 cm³/mol. The van der Waals surface area contributed by atoms with E-state index in [1.807, 2.05) is 37.9 Å². The Morgan fingerprint density at radius 2 is 2.21 bits per heavy atom. The van der Waals surface area contributed by atoms with Crippen molar-refractivity contribution in [3.63, 3.8) is 0 Å². The third-order valence-corrected chi connectivity index (χ3v) is 2.97. The van der Waals surface area contributed by atoms with Crippen LogP contribution in [0.15, 0.2) is 22.8 Å². The highest BCUT2D eigenvalue weighted by molar-refractivity contribution is 9.10. The fourth-order valence-corrected chi connectivity index (χ4v) is 1.54. The molecule has 0 aromatic carbocycles. The van der Waals surface area contributed by atoms with E-state index >= 15 is 0 Å². The SMILES string of the molecule is CN(c1ncccc1Br)C(C)(C)CO. The molecule has 0 aliphatic heterocycles. The quantitative estimate of drug-likeness (QED) is 0.902. The minimum atomic E-state index is -0.309. The van der Waals surface area contributed by atoms with Gasteiger partial charge in [-0.2, -0.15) is 0 Å². The molecule has 78 valence electrons. The van der Waals surface area contributed by atoms with Gasteiger partial charge in [0.25, 0.3) is 0 Å². The topological polar surface area (TPSA) is 36.4 Å². The minimum absolute atomic E-state index is 0.0898. The van der Waals surface area contributed by atoms with E-state index < -0.39 is 0 Å². The van der Waals surface area contributed by atoms with Crippen LogP contribution < -0.4 is 4.90 Å². The fraction of sp³-hybridized carbons (Fsp3) is 0.500. The number of aromatic nitrogens is 1. The normalized spacial score (nSPS) is 11.5. The molecule has 1 aromatic heterocycles. The zero-order valence-electron chi connectivity index (χ0n) is 8.66. The standard InChI is InChI=1S/C10H15BrN2O/c1-10(2,7-14)13(3)9-8(11)5-4-6-12-9/h4-6,14H,7H2,1-3H3. The van der Waals surface area contributed by atoms with Crippen LogP contribution in [0, 0.1) is 0 Å². The smallest absolute Gasteiger partial charge is 0.143 e. The zero-order chi connectivity index (χ0) is 10.8. The van der Waals surface area contributed by atoms with Gasteiger partial charge >= 0.3 is 0 Å². The number of hydrogen-bond donors (Lipinski definition) is 1. The van der Waals surface area contributed by atoms with Gasteiger partial charge in [-0.3, -0.25) is 0 Å². The zero-order valence-corrected chi connectivity index (χ0v) is 10.2. The van der Waals surface area contributed by atoms with Crippen LogP contribution in [0.4, 0.5) is 5.82 Å². The molecule has 0 amide bonds. The molecule has 0 unspecified atom stereocenters. The molecule has 0 atom stereocenters. The summed E-state index contributed by atoms with van der Waals surface area (Å²) in [5.74, 6) is 0.839. The Balaban J connectivity index is 3.00. The van der Waals surface area contributed by atoms with Crippen molar-refractivity contribution in [3.05, 3.63) is 22.8 Å². The van der Waals surface area contributed by atoms with Crippen LogP contribution in [0.2, 0.25) is 0 Å². The minimum Gasteiger partial charge on any atom is -0.394 e. The summed E-state index contributed by atoms with van der Waals surface area (Å²) in [6, 6.07) is 3.81. The number of nitrogens with zero attached hydrogens (tertiary/aromatic N) is 2. The van der Waals surface area contributed by atoms with Gasteiger partial charge in [-0.25, -0.2) is 4.98 Å². The molecule has 0 bridgehead atoms. The molecule has 1 heterocycles. The molecule has 0 saturated carbocycles. The van der Waals surface area contributed by atoms with Crippen LogP contribution >= 0.6 is 15.9 Å². The first-order chi connectivity index (χ1) is 6.49. The Morgan fingerprint density at radius 3 is 2.71 bits per heavy atom. The fourth-order valence-electron chi connectivity index (χ4n) is 1.02. The molecule has 0 aliphatic carbocycles. The number of rotatable bonds is 3. The van der Waals surface area contributed by atoms with Crippen molar-refractivity contribution in [1.82, 2.24) is 4.98 Å². The molecule has 0 aliphatic rings. The number of halogens is 1. The summed E-state index contributed by atoms with van der Waals surface area (Å²) in [7, 11) is 1.92. The summed E-state index contributed by atoms with van der Waals surface area (Å²) >= 11 is 3.43. The lowest BCUT2D eigenvalue weighted by Crippen LogP contribution is -2.45. The summed E-state index contributed by atoms with van der Waals surface area (Å²) < 4.78 is 0.934. The third kappa shape index (κ3) is 2.25. The summed E-state index contributed by atoms with van der Waals surface area (Å²) in [5, 5.41) is 9.23. The highest BCUT2D eigenvalue weighted by Gasteiger charge is 2.24. The summed E-state index contributed by atoms with van der Waals surface area (Å²) in [5.41, 5.74) is -0.309. The molecular formula is C10H15BrN2O. The number of aliphatic hydroxyl groups is 1. The molecule has 3 nitrogen and oxygen atoms in total. The van der Waals surface area contributed by atoms with Crippen LogP contribution in [-0.4, -0.2) is 29.3 Å². The largest absolute Gasteiger partial charge is 0.394 e. The van der Waals surface area contributed by atoms with Crippen LogP contribution in [-0.2, 0) is 0 Å². The molecule has 14 heavy (non-hydrogen) atoms. The van der Waals surface area contributed by atoms with E-state index in [0.717, 1.165) is 10.3 Å². The second-order valence-corrected chi connectivity index (χ2v) is 4.69. The Labute approximate surface area is 92.9 Å². The van der Waals surface area contributed by atoms with Gasteiger partial charge in [-0.05, 0) is 41.9 Å². The third-order valence-electron chi connectivity index (χ3n) is 2.35. The van der Waals surface area contributed by atoms with Gasteiger partial charge in [0, 0.05) is 13.2 Å². The maximum absolute atomic E-state index is 9.23. The number of likely N-dealkylation sites (N-methyl/N-ethyl adjacent to an activating group) is 1. The predicted octanol–water partition coefficient (Wildman–Crippen LogP) is 2.05. The van der Waals surface area contributed by atoms with E-state index in [1.165, 1.54) is 0 Å². The molecule has 4 heteroatoms. The van der Waals surface area contributed by atoms with Crippen molar-refractivity contribution in [2.45, 2.75) is 19.4 Å². The summed E-state index contributed by atoms with van der Waals surface area (Å²) in [6.07, 6.45) is 1.74. The van der Waals surface area contributed by atoms with E-state index in [9.17, 15) is 5.11 Å². The monoisotopic (exact) mass is 258 g/mol. The Hall–Kier alpha value is -0.610. The lowest BCUT2D eigenvalue weighted by atomic mass is 10.1. The van der Waals surface area contributed by atoms with Crippen LogP contribution in [0.25, 0.3) is 0 Å².